The van der Waals surface area contributed by atoms with E-state index in [9.17, 15) is 9.59 Å². The summed E-state index contributed by atoms with van der Waals surface area (Å²) in [7, 11) is 0. The quantitative estimate of drug-likeness (QED) is 0.714. The lowest BCUT2D eigenvalue weighted by Gasteiger charge is -2.32. The van der Waals surface area contributed by atoms with Crippen LogP contribution in [0, 0.1) is 5.41 Å². The van der Waals surface area contributed by atoms with Gasteiger partial charge in [-0.1, -0.05) is 6.92 Å². The number of furan rings is 1. The van der Waals surface area contributed by atoms with Gasteiger partial charge < -0.3 is 9.15 Å². The molecular formula is C14H14O4. The number of hydrogen-bond acceptors (Lipinski definition) is 4. The number of esters is 1. The Hall–Kier alpha value is -1.84. The summed E-state index contributed by atoms with van der Waals surface area (Å²) in [6, 6.07) is 1.80. The first-order valence-electron chi connectivity index (χ1n) is 6.01. The van der Waals surface area contributed by atoms with Crippen molar-refractivity contribution in [2.24, 2.45) is 5.41 Å². The van der Waals surface area contributed by atoms with Crippen LogP contribution in [-0.4, -0.2) is 11.8 Å². The molecule has 1 aliphatic carbocycles. The minimum Gasteiger partial charge on any atom is -0.472 e. The van der Waals surface area contributed by atoms with Crippen LogP contribution in [0.15, 0.2) is 34.2 Å². The molecule has 2 aliphatic rings. The van der Waals surface area contributed by atoms with Gasteiger partial charge in [-0.2, -0.15) is 0 Å². The van der Waals surface area contributed by atoms with Gasteiger partial charge in [0.25, 0.3) is 0 Å². The van der Waals surface area contributed by atoms with Crippen LogP contribution in [0.5, 0.6) is 0 Å². The van der Waals surface area contributed by atoms with Gasteiger partial charge in [0.1, 0.15) is 6.10 Å². The second-order valence-electron chi connectivity index (χ2n) is 5.18. The number of rotatable bonds is 1. The van der Waals surface area contributed by atoms with Crippen molar-refractivity contribution in [3.8, 4) is 0 Å². The third-order valence-corrected chi connectivity index (χ3v) is 4.09. The predicted octanol–water partition coefficient (Wildman–Crippen LogP) is 2.56. The lowest BCUT2D eigenvalue weighted by atomic mass is 9.68. The van der Waals surface area contributed by atoms with Crippen molar-refractivity contribution < 1.29 is 18.7 Å². The molecule has 1 aromatic rings. The maximum absolute atomic E-state index is 12.0. The Kier molecular flexibility index (Phi) is 2.24. The minimum atomic E-state index is -0.418. The summed E-state index contributed by atoms with van der Waals surface area (Å²) in [5, 5.41) is 0. The number of ketones is 1. The second kappa shape index (κ2) is 3.57. The minimum absolute atomic E-state index is 0.0484. The van der Waals surface area contributed by atoms with E-state index in [2.05, 4.69) is 0 Å². The van der Waals surface area contributed by atoms with E-state index in [-0.39, 0.29) is 17.9 Å². The third kappa shape index (κ3) is 1.32. The molecule has 94 valence electrons. The van der Waals surface area contributed by atoms with E-state index in [4.69, 9.17) is 9.15 Å². The van der Waals surface area contributed by atoms with Crippen LogP contribution in [0.2, 0.25) is 0 Å². The smallest absolute Gasteiger partial charge is 0.335 e. The van der Waals surface area contributed by atoms with Crippen molar-refractivity contribution in [2.75, 3.05) is 0 Å². The second-order valence-corrected chi connectivity index (χ2v) is 5.18. The first-order chi connectivity index (χ1) is 8.54. The molecule has 2 unspecified atom stereocenters. The Labute approximate surface area is 105 Å². The van der Waals surface area contributed by atoms with Gasteiger partial charge in [-0.15, -0.1) is 0 Å². The molecule has 0 spiro atoms. The molecule has 3 rings (SSSR count). The summed E-state index contributed by atoms with van der Waals surface area (Å²) in [5.41, 5.74) is 1.53. The average Bonchev–Trinajstić information content (AvgIpc) is 2.92. The summed E-state index contributed by atoms with van der Waals surface area (Å²) in [6.45, 7) is 3.70. The highest BCUT2D eigenvalue weighted by atomic mass is 16.6. The average molecular weight is 246 g/mol. The number of allylic oxidation sites excluding steroid dienone is 1. The molecule has 2 atom stereocenters. The zero-order valence-corrected chi connectivity index (χ0v) is 10.4. The van der Waals surface area contributed by atoms with E-state index in [0.29, 0.717) is 24.0 Å². The van der Waals surface area contributed by atoms with Crippen molar-refractivity contribution in [1.82, 2.24) is 0 Å². The Morgan fingerprint density at radius 1 is 1.39 bits per heavy atom. The summed E-state index contributed by atoms with van der Waals surface area (Å²) >= 11 is 0. The first kappa shape index (κ1) is 11.3. The molecule has 4 heteroatoms. The fourth-order valence-electron chi connectivity index (χ4n) is 3.06. The van der Waals surface area contributed by atoms with Crippen molar-refractivity contribution in [3.63, 3.8) is 0 Å². The molecule has 0 N–H and O–H groups in total. The van der Waals surface area contributed by atoms with Crippen LogP contribution < -0.4 is 0 Å². The number of hydrogen-bond donors (Lipinski definition) is 0. The van der Waals surface area contributed by atoms with Crippen LogP contribution in [0.1, 0.15) is 38.4 Å². The van der Waals surface area contributed by atoms with Crippen LogP contribution in [-0.2, 0) is 14.3 Å². The van der Waals surface area contributed by atoms with Gasteiger partial charge in [0.05, 0.1) is 18.1 Å². The maximum Gasteiger partial charge on any atom is 0.335 e. The van der Waals surface area contributed by atoms with E-state index < -0.39 is 5.41 Å². The lowest BCUT2D eigenvalue weighted by molar-refractivity contribution is -0.140. The molecule has 18 heavy (non-hydrogen) atoms. The maximum atomic E-state index is 12.0. The fourth-order valence-corrected chi connectivity index (χ4v) is 3.06. The van der Waals surface area contributed by atoms with Crippen LogP contribution in [0.25, 0.3) is 0 Å². The number of cyclic esters (lactones) is 1. The third-order valence-electron chi connectivity index (χ3n) is 4.09. The van der Waals surface area contributed by atoms with E-state index in [0.717, 1.165) is 5.56 Å². The van der Waals surface area contributed by atoms with Crippen LogP contribution in [0.3, 0.4) is 0 Å². The Morgan fingerprint density at radius 2 is 2.17 bits per heavy atom. The van der Waals surface area contributed by atoms with Crippen LogP contribution in [0.4, 0.5) is 0 Å². The Balaban J connectivity index is 2.14. The number of fused-ring (bicyclic) bond motifs is 1. The standard InChI is InChI=1S/C14H14O4/c1-8-10(15)3-5-14(2)11(8)13(16)18-12(14)9-4-6-17-7-9/h4,6-7,12H,3,5H2,1-2H3. The topological polar surface area (TPSA) is 56.5 Å². The summed E-state index contributed by atoms with van der Waals surface area (Å²) in [5.74, 6) is -0.318. The molecule has 0 saturated carbocycles. The van der Waals surface area contributed by atoms with E-state index in [1.807, 2.05) is 6.92 Å². The molecule has 1 fully saturated rings. The normalized spacial score (nSPS) is 31.6. The molecule has 0 amide bonds. The molecule has 1 aliphatic heterocycles. The SMILES string of the molecule is CC1=C2C(=O)OC(c3ccoc3)C2(C)CCC1=O. The molecule has 1 saturated heterocycles. The Bertz CT molecular complexity index is 552. The number of Topliss-reactive ketones (excluding diaryl/α,β-unsaturated/α-hetero) is 1. The Morgan fingerprint density at radius 3 is 2.83 bits per heavy atom. The summed E-state index contributed by atoms with van der Waals surface area (Å²) in [4.78, 5) is 23.7. The van der Waals surface area contributed by atoms with Crippen molar-refractivity contribution in [2.45, 2.75) is 32.8 Å². The molecule has 1 aromatic heterocycles. The molecule has 0 aromatic carbocycles. The molecular weight excluding hydrogens is 232 g/mol. The van der Waals surface area contributed by atoms with Crippen molar-refractivity contribution >= 4 is 11.8 Å². The fraction of sp³-hybridized carbons (Fsp3) is 0.429. The van der Waals surface area contributed by atoms with Crippen molar-refractivity contribution in [1.29, 1.82) is 0 Å². The largest absolute Gasteiger partial charge is 0.472 e. The monoisotopic (exact) mass is 246 g/mol. The number of ether oxygens (including phenoxy) is 1. The zero-order chi connectivity index (χ0) is 12.9. The summed E-state index contributed by atoms with van der Waals surface area (Å²) < 4.78 is 10.5. The molecule has 0 radical (unpaired) electrons. The van der Waals surface area contributed by atoms with E-state index in [1.54, 1.807) is 25.5 Å². The van der Waals surface area contributed by atoms with E-state index in [1.165, 1.54) is 0 Å². The van der Waals surface area contributed by atoms with Gasteiger partial charge in [0.15, 0.2) is 5.78 Å². The molecule has 2 heterocycles. The van der Waals surface area contributed by atoms with E-state index >= 15 is 0 Å². The number of carbonyl (C=O) groups is 2. The highest BCUT2D eigenvalue weighted by molar-refractivity contribution is 6.06. The van der Waals surface area contributed by atoms with Gasteiger partial charge in [0.2, 0.25) is 0 Å². The van der Waals surface area contributed by atoms with Crippen molar-refractivity contribution in [3.05, 3.63) is 35.3 Å². The zero-order valence-electron chi connectivity index (χ0n) is 10.4. The van der Waals surface area contributed by atoms with Gasteiger partial charge in [0, 0.05) is 23.0 Å². The van der Waals surface area contributed by atoms with Gasteiger partial charge in [-0.25, -0.2) is 4.79 Å². The molecule has 4 nitrogen and oxygen atoms in total. The summed E-state index contributed by atoms with van der Waals surface area (Å²) in [6.07, 6.45) is 3.92. The highest BCUT2D eigenvalue weighted by Crippen LogP contribution is 2.55. The van der Waals surface area contributed by atoms with Gasteiger partial charge in [-0.3, -0.25) is 4.79 Å². The number of carbonyl (C=O) groups excluding carboxylic acids is 2. The predicted molar refractivity (Wildman–Crippen MR) is 62.6 cm³/mol. The highest BCUT2D eigenvalue weighted by Gasteiger charge is 2.54. The van der Waals surface area contributed by atoms with Crippen LogP contribution >= 0.6 is 0 Å². The van der Waals surface area contributed by atoms with Gasteiger partial charge >= 0.3 is 5.97 Å². The lowest BCUT2D eigenvalue weighted by Crippen LogP contribution is -2.29. The van der Waals surface area contributed by atoms with Gasteiger partial charge in [-0.05, 0) is 19.4 Å². The molecule has 0 bridgehead atoms. The first-order valence-corrected chi connectivity index (χ1v) is 6.01.